The molecule has 23 heavy (non-hydrogen) atoms. The van der Waals surface area contributed by atoms with Gasteiger partial charge in [-0.2, -0.15) is 5.10 Å². The van der Waals surface area contributed by atoms with Crippen molar-refractivity contribution in [2.75, 3.05) is 13.6 Å². The summed E-state index contributed by atoms with van der Waals surface area (Å²) in [7, 11) is 1.76. The van der Waals surface area contributed by atoms with E-state index in [0.29, 0.717) is 13.1 Å². The van der Waals surface area contributed by atoms with Crippen molar-refractivity contribution in [3.05, 3.63) is 59.9 Å². The highest BCUT2D eigenvalue weighted by Crippen LogP contribution is 2.17. The molecule has 1 aromatic carbocycles. The zero-order valence-corrected chi connectivity index (χ0v) is 16.2. The van der Waals surface area contributed by atoms with E-state index in [9.17, 15) is 0 Å². The minimum atomic E-state index is 0. The van der Waals surface area contributed by atoms with Crippen LogP contribution < -0.4 is 10.6 Å². The predicted octanol–water partition coefficient (Wildman–Crippen LogP) is 2.96. The molecule has 0 bridgehead atoms. The maximum atomic E-state index is 4.65. The Morgan fingerprint density at radius 2 is 1.96 bits per heavy atom. The highest BCUT2D eigenvalue weighted by Gasteiger charge is 2.12. The summed E-state index contributed by atoms with van der Waals surface area (Å²) in [6.45, 7) is 9.17. The van der Waals surface area contributed by atoms with E-state index < -0.39 is 0 Å². The van der Waals surface area contributed by atoms with Crippen molar-refractivity contribution in [1.82, 2.24) is 20.4 Å². The smallest absolute Gasteiger partial charge is 0.191 e. The number of benzene rings is 1. The summed E-state index contributed by atoms with van der Waals surface area (Å²) in [6.07, 6.45) is 1.80. The largest absolute Gasteiger partial charge is 0.353 e. The second kappa shape index (κ2) is 9.34. The molecule has 6 heteroatoms. The molecule has 0 unspecified atom stereocenters. The van der Waals surface area contributed by atoms with Gasteiger partial charge in [-0.3, -0.25) is 4.99 Å². The average Bonchev–Trinajstić information content (AvgIpc) is 2.83. The van der Waals surface area contributed by atoms with Gasteiger partial charge >= 0.3 is 0 Å². The third-order valence-electron chi connectivity index (χ3n) is 3.51. The number of aliphatic imine (C=N–C) groups is 1. The summed E-state index contributed by atoms with van der Waals surface area (Å²) in [5.74, 6) is 0.756. The number of guanidine groups is 1. The normalized spacial score (nSPS) is 10.8. The van der Waals surface area contributed by atoms with Crippen LogP contribution in [0.25, 0.3) is 5.69 Å². The van der Waals surface area contributed by atoms with Crippen molar-refractivity contribution in [3.8, 4) is 5.69 Å². The first kappa shape index (κ1) is 19.2. The van der Waals surface area contributed by atoms with E-state index in [2.05, 4.69) is 46.4 Å². The number of aryl methyl sites for hydroxylation is 1. The van der Waals surface area contributed by atoms with Crippen LogP contribution in [0.2, 0.25) is 0 Å². The van der Waals surface area contributed by atoms with Crippen LogP contribution in [0.5, 0.6) is 0 Å². The lowest BCUT2D eigenvalue weighted by molar-refractivity contribution is 0.823. The molecule has 0 spiro atoms. The summed E-state index contributed by atoms with van der Waals surface area (Å²) < 4.78 is 1.98. The highest BCUT2D eigenvalue weighted by molar-refractivity contribution is 14.0. The number of aromatic nitrogens is 2. The zero-order valence-electron chi connectivity index (χ0n) is 13.8. The van der Waals surface area contributed by atoms with Crippen molar-refractivity contribution >= 4 is 29.9 Å². The second-order valence-corrected chi connectivity index (χ2v) is 4.99. The Labute approximate surface area is 154 Å². The Bertz CT molecular complexity index is 661. The molecule has 0 radical (unpaired) electrons. The zero-order chi connectivity index (χ0) is 15.9. The van der Waals surface area contributed by atoms with Crippen LogP contribution in [0.3, 0.4) is 0 Å². The standard InChI is InChI=1S/C17H23N5.HI/c1-5-11-19-17(18-4)20-12-16-13(2)21-22(14(16)3)15-9-7-6-8-10-15;/h5-10H,1,11-12H2,2-4H3,(H2,18,19,20);1H. The first-order valence-electron chi connectivity index (χ1n) is 7.33. The van der Waals surface area contributed by atoms with Gasteiger partial charge in [0, 0.05) is 31.4 Å². The van der Waals surface area contributed by atoms with Crippen LogP contribution in [-0.2, 0) is 6.54 Å². The maximum absolute atomic E-state index is 4.65. The van der Waals surface area contributed by atoms with E-state index in [4.69, 9.17) is 0 Å². The van der Waals surface area contributed by atoms with Gasteiger partial charge in [0.1, 0.15) is 0 Å². The Morgan fingerprint density at radius 1 is 1.26 bits per heavy atom. The average molecular weight is 425 g/mol. The summed E-state index contributed by atoms with van der Waals surface area (Å²) in [5.41, 5.74) is 4.41. The second-order valence-electron chi connectivity index (χ2n) is 4.99. The molecular formula is C17H24IN5. The molecule has 1 aromatic heterocycles. The van der Waals surface area contributed by atoms with Gasteiger partial charge in [0.25, 0.3) is 0 Å². The molecule has 1 heterocycles. The number of nitrogens with zero attached hydrogens (tertiary/aromatic N) is 3. The molecule has 0 saturated carbocycles. The number of nitrogens with one attached hydrogen (secondary N) is 2. The Hall–Kier alpha value is -1.83. The topological polar surface area (TPSA) is 54.2 Å². The van der Waals surface area contributed by atoms with Gasteiger partial charge in [-0.05, 0) is 26.0 Å². The van der Waals surface area contributed by atoms with Crippen LogP contribution in [-0.4, -0.2) is 29.3 Å². The predicted molar refractivity (Wildman–Crippen MR) is 107 cm³/mol. The van der Waals surface area contributed by atoms with Crippen molar-refractivity contribution in [2.45, 2.75) is 20.4 Å². The van der Waals surface area contributed by atoms with E-state index in [0.717, 1.165) is 23.0 Å². The summed E-state index contributed by atoms with van der Waals surface area (Å²) in [4.78, 5) is 4.18. The van der Waals surface area contributed by atoms with Crippen LogP contribution >= 0.6 is 24.0 Å². The Morgan fingerprint density at radius 3 is 2.57 bits per heavy atom. The Kier molecular flexibility index (Phi) is 7.80. The lowest BCUT2D eigenvalue weighted by atomic mass is 10.2. The number of hydrogen-bond donors (Lipinski definition) is 2. The third kappa shape index (κ3) is 4.82. The number of hydrogen-bond acceptors (Lipinski definition) is 2. The SMILES string of the molecule is C=CCNC(=NC)NCc1c(C)nn(-c2ccccc2)c1C.I. The molecule has 124 valence electrons. The molecule has 0 aliphatic rings. The number of rotatable bonds is 5. The van der Waals surface area contributed by atoms with E-state index >= 15 is 0 Å². The maximum Gasteiger partial charge on any atom is 0.191 e. The molecule has 0 aliphatic heterocycles. The monoisotopic (exact) mass is 425 g/mol. The van der Waals surface area contributed by atoms with Gasteiger partial charge in [-0.25, -0.2) is 4.68 Å². The fourth-order valence-corrected chi connectivity index (χ4v) is 2.31. The summed E-state index contributed by atoms with van der Waals surface area (Å²) >= 11 is 0. The van der Waals surface area contributed by atoms with Crippen molar-refractivity contribution < 1.29 is 0 Å². The molecule has 0 aliphatic carbocycles. The Balaban J connectivity index is 0.00000264. The fraction of sp³-hybridized carbons (Fsp3) is 0.294. The van der Waals surface area contributed by atoms with E-state index in [1.54, 1.807) is 13.1 Å². The first-order valence-corrected chi connectivity index (χ1v) is 7.33. The highest BCUT2D eigenvalue weighted by atomic mass is 127. The molecule has 5 nitrogen and oxygen atoms in total. The molecule has 0 amide bonds. The van der Waals surface area contributed by atoms with Gasteiger partial charge < -0.3 is 10.6 Å². The number of halogens is 1. The summed E-state index contributed by atoms with van der Waals surface area (Å²) in [6, 6.07) is 10.2. The van der Waals surface area contributed by atoms with Gasteiger partial charge in [0.15, 0.2) is 5.96 Å². The van der Waals surface area contributed by atoms with Gasteiger partial charge in [0.2, 0.25) is 0 Å². The summed E-state index contributed by atoms with van der Waals surface area (Å²) in [5, 5.41) is 11.1. The lowest BCUT2D eigenvalue weighted by Crippen LogP contribution is -2.37. The lowest BCUT2D eigenvalue weighted by Gasteiger charge is -2.11. The third-order valence-corrected chi connectivity index (χ3v) is 3.51. The van der Waals surface area contributed by atoms with Crippen LogP contribution in [0.1, 0.15) is 17.0 Å². The van der Waals surface area contributed by atoms with Crippen LogP contribution in [0.4, 0.5) is 0 Å². The van der Waals surface area contributed by atoms with Crippen molar-refractivity contribution in [3.63, 3.8) is 0 Å². The van der Waals surface area contributed by atoms with Crippen molar-refractivity contribution in [2.24, 2.45) is 4.99 Å². The van der Waals surface area contributed by atoms with Gasteiger partial charge in [-0.15, -0.1) is 30.6 Å². The fourth-order valence-electron chi connectivity index (χ4n) is 2.31. The minimum absolute atomic E-state index is 0. The minimum Gasteiger partial charge on any atom is -0.353 e. The molecule has 2 N–H and O–H groups in total. The molecule has 0 atom stereocenters. The van der Waals surface area contributed by atoms with Gasteiger partial charge in [-0.1, -0.05) is 24.3 Å². The van der Waals surface area contributed by atoms with Crippen LogP contribution in [0.15, 0.2) is 48.0 Å². The van der Waals surface area contributed by atoms with Crippen LogP contribution in [0, 0.1) is 13.8 Å². The molecular weight excluding hydrogens is 401 g/mol. The quantitative estimate of drug-likeness (QED) is 0.335. The number of para-hydroxylation sites is 1. The van der Waals surface area contributed by atoms with E-state index in [-0.39, 0.29) is 24.0 Å². The molecule has 0 fully saturated rings. The van der Waals surface area contributed by atoms with E-state index in [1.165, 1.54) is 5.56 Å². The van der Waals surface area contributed by atoms with Crippen molar-refractivity contribution in [1.29, 1.82) is 0 Å². The molecule has 2 rings (SSSR count). The first-order chi connectivity index (χ1) is 10.7. The molecule has 0 saturated heterocycles. The van der Waals surface area contributed by atoms with E-state index in [1.807, 2.05) is 29.8 Å². The van der Waals surface area contributed by atoms with Gasteiger partial charge in [0.05, 0.1) is 11.4 Å². The molecule has 2 aromatic rings.